The fourth-order valence-electron chi connectivity index (χ4n) is 0.650. The predicted octanol–water partition coefficient (Wildman–Crippen LogP) is 1.07. The number of aromatic nitrogens is 2. The van der Waals surface area contributed by atoms with Gasteiger partial charge in [-0.2, -0.15) is 0 Å². The molecule has 4 heteroatoms. The zero-order valence-corrected chi connectivity index (χ0v) is 7.11. The minimum Gasteiger partial charge on any atom is -0.323 e. The first-order valence-corrected chi connectivity index (χ1v) is 3.76. The van der Waals surface area contributed by atoms with Gasteiger partial charge in [-0.05, 0) is 0 Å². The van der Waals surface area contributed by atoms with Crippen molar-refractivity contribution in [3.8, 4) is 0 Å². The van der Waals surface area contributed by atoms with Crippen molar-refractivity contribution in [1.82, 2.24) is 9.97 Å². The van der Waals surface area contributed by atoms with Crippen molar-refractivity contribution in [3.63, 3.8) is 0 Å². The molecule has 0 atom stereocenters. The number of rotatable bonds is 2. The molecule has 1 aromatic heterocycles. The molecule has 1 aromatic rings. The maximum absolute atomic E-state index is 11.1. The van der Waals surface area contributed by atoms with E-state index >= 15 is 0 Å². The summed E-state index contributed by atoms with van der Waals surface area (Å²) in [6.07, 6.45) is 4.55. The highest BCUT2D eigenvalue weighted by Gasteiger charge is 2.06. The standard InChI is InChI=1S/C8H11N3O/c1-6(2)8(12)11-7-3-9-5-10-4-7/h3-6H,1-2H3,(H,11,12). The van der Waals surface area contributed by atoms with Gasteiger partial charge in [0.1, 0.15) is 6.33 Å². The molecule has 4 nitrogen and oxygen atoms in total. The highest BCUT2D eigenvalue weighted by Crippen LogP contribution is 2.03. The fraction of sp³-hybridized carbons (Fsp3) is 0.375. The van der Waals surface area contributed by atoms with E-state index in [-0.39, 0.29) is 11.8 Å². The summed E-state index contributed by atoms with van der Waals surface area (Å²) in [7, 11) is 0. The third-order valence-electron chi connectivity index (χ3n) is 1.35. The van der Waals surface area contributed by atoms with E-state index in [2.05, 4.69) is 15.3 Å². The molecule has 0 aliphatic rings. The molecule has 1 amide bonds. The van der Waals surface area contributed by atoms with Crippen LogP contribution in [0.3, 0.4) is 0 Å². The van der Waals surface area contributed by atoms with Gasteiger partial charge in [0.05, 0.1) is 18.1 Å². The van der Waals surface area contributed by atoms with Crippen molar-refractivity contribution in [2.45, 2.75) is 13.8 Å². The number of amides is 1. The summed E-state index contributed by atoms with van der Waals surface area (Å²) in [6, 6.07) is 0. The molecule has 0 radical (unpaired) electrons. The Balaban J connectivity index is 2.59. The number of anilines is 1. The summed E-state index contributed by atoms with van der Waals surface area (Å²) < 4.78 is 0. The van der Waals surface area contributed by atoms with E-state index in [1.54, 1.807) is 12.4 Å². The van der Waals surface area contributed by atoms with Gasteiger partial charge in [0.25, 0.3) is 0 Å². The lowest BCUT2D eigenvalue weighted by Crippen LogP contribution is -2.17. The van der Waals surface area contributed by atoms with E-state index in [1.165, 1.54) is 6.33 Å². The predicted molar refractivity (Wildman–Crippen MR) is 45.5 cm³/mol. The van der Waals surface area contributed by atoms with E-state index in [0.717, 1.165) is 0 Å². The quantitative estimate of drug-likeness (QED) is 0.713. The van der Waals surface area contributed by atoms with Crippen LogP contribution in [0.2, 0.25) is 0 Å². The lowest BCUT2D eigenvalue weighted by Gasteiger charge is -2.05. The highest BCUT2D eigenvalue weighted by molar-refractivity contribution is 5.91. The highest BCUT2D eigenvalue weighted by atomic mass is 16.1. The average Bonchev–Trinajstić information content (AvgIpc) is 2.06. The number of nitrogens with zero attached hydrogens (tertiary/aromatic N) is 2. The molecule has 64 valence electrons. The van der Waals surface area contributed by atoms with E-state index < -0.39 is 0 Å². The van der Waals surface area contributed by atoms with E-state index in [1.807, 2.05) is 13.8 Å². The lowest BCUT2D eigenvalue weighted by atomic mass is 10.2. The summed E-state index contributed by atoms with van der Waals surface area (Å²) >= 11 is 0. The molecule has 0 saturated carbocycles. The third-order valence-corrected chi connectivity index (χ3v) is 1.35. The Morgan fingerprint density at radius 1 is 1.42 bits per heavy atom. The molecule has 1 rings (SSSR count). The van der Waals surface area contributed by atoms with Crippen LogP contribution in [0.4, 0.5) is 5.69 Å². The number of carbonyl (C=O) groups excluding carboxylic acids is 1. The molecular weight excluding hydrogens is 154 g/mol. The Bertz CT molecular complexity index is 258. The second kappa shape index (κ2) is 3.80. The molecule has 12 heavy (non-hydrogen) atoms. The van der Waals surface area contributed by atoms with Crippen molar-refractivity contribution < 1.29 is 4.79 Å². The van der Waals surface area contributed by atoms with Crippen molar-refractivity contribution in [3.05, 3.63) is 18.7 Å². The molecule has 0 fully saturated rings. The van der Waals surface area contributed by atoms with Crippen molar-refractivity contribution >= 4 is 11.6 Å². The lowest BCUT2D eigenvalue weighted by molar-refractivity contribution is -0.118. The second-order valence-corrected chi connectivity index (χ2v) is 2.77. The van der Waals surface area contributed by atoms with Crippen LogP contribution in [-0.2, 0) is 4.79 Å². The third kappa shape index (κ3) is 2.30. The monoisotopic (exact) mass is 165 g/mol. The zero-order chi connectivity index (χ0) is 8.97. The molecule has 0 spiro atoms. The van der Waals surface area contributed by atoms with Crippen molar-refractivity contribution in [1.29, 1.82) is 0 Å². The Morgan fingerprint density at radius 3 is 2.50 bits per heavy atom. The molecular formula is C8H11N3O. The zero-order valence-electron chi connectivity index (χ0n) is 7.11. The van der Waals surface area contributed by atoms with Gasteiger partial charge < -0.3 is 5.32 Å². The Hall–Kier alpha value is -1.45. The van der Waals surface area contributed by atoms with Crippen molar-refractivity contribution in [2.24, 2.45) is 5.92 Å². The van der Waals surface area contributed by atoms with Crippen LogP contribution in [0.25, 0.3) is 0 Å². The first kappa shape index (κ1) is 8.64. The van der Waals surface area contributed by atoms with Gasteiger partial charge in [-0.25, -0.2) is 9.97 Å². The number of nitrogens with one attached hydrogen (secondary N) is 1. The first-order chi connectivity index (χ1) is 5.70. The normalized spacial score (nSPS) is 9.92. The van der Waals surface area contributed by atoms with Crippen LogP contribution in [0, 0.1) is 5.92 Å². The Labute approximate surface area is 71.0 Å². The fourth-order valence-corrected chi connectivity index (χ4v) is 0.650. The van der Waals surface area contributed by atoms with Crippen LogP contribution in [0.15, 0.2) is 18.7 Å². The van der Waals surface area contributed by atoms with Crippen LogP contribution in [0.5, 0.6) is 0 Å². The molecule has 0 aliphatic heterocycles. The molecule has 1 N–H and O–H groups in total. The van der Waals surface area contributed by atoms with Gasteiger partial charge in [-0.1, -0.05) is 13.8 Å². The van der Waals surface area contributed by atoms with Gasteiger partial charge in [0.2, 0.25) is 5.91 Å². The SMILES string of the molecule is CC(C)C(=O)Nc1cncnc1. The summed E-state index contributed by atoms with van der Waals surface area (Å²) in [5.74, 6) is -0.0463. The Kier molecular flexibility index (Phi) is 2.74. The molecule has 0 aromatic carbocycles. The van der Waals surface area contributed by atoms with Gasteiger partial charge in [-0.15, -0.1) is 0 Å². The number of hydrogen-bond donors (Lipinski definition) is 1. The minimum absolute atomic E-state index is 0.0230. The summed E-state index contributed by atoms with van der Waals surface area (Å²) in [5, 5.41) is 2.68. The van der Waals surface area contributed by atoms with Gasteiger partial charge in [0, 0.05) is 5.92 Å². The van der Waals surface area contributed by atoms with Gasteiger partial charge >= 0.3 is 0 Å². The largest absolute Gasteiger partial charge is 0.323 e. The van der Waals surface area contributed by atoms with Gasteiger partial charge in [0.15, 0.2) is 0 Å². The maximum atomic E-state index is 11.1. The van der Waals surface area contributed by atoms with E-state index in [4.69, 9.17) is 0 Å². The number of carbonyl (C=O) groups is 1. The minimum atomic E-state index is -0.0233. The topological polar surface area (TPSA) is 54.9 Å². The molecule has 0 unspecified atom stereocenters. The first-order valence-electron chi connectivity index (χ1n) is 3.76. The molecule has 0 bridgehead atoms. The average molecular weight is 165 g/mol. The van der Waals surface area contributed by atoms with Crippen LogP contribution in [0.1, 0.15) is 13.8 Å². The smallest absolute Gasteiger partial charge is 0.227 e. The number of hydrogen-bond acceptors (Lipinski definition) is 3. The summed E-state index contributed by atoms with van der Waals surface area (Å²) in [6.45, 7) is 3.66. The van der Waals surface area contributed by atoms with Crippen molar-refractivity contribution in [2.75, 3.05) is 5.32 Å². The van der Waals surface area contributed by atoms with Gasteiger partial charge in [-0.3, -0.25) is 4.79 Å². The van der Waals surface area contributed by atoms with Crippen LogP contribution < -0.4 is 5.32 Å². The van der Waals surface area contributed by atoms with Crippen LogP contribution >= 0.6 is 0 Å². The summed E-state index contributed by atoms with van der Waals surface area (Å²) in [5.41, 5.74) is 0.635. The maximum Gasteiger partial charge on any atom is 0.227 e. The van der Waals surface area contributed by atoms with E-state index in [9.17, 15) is 4.79 Å². The second-order valence-electron chi connectivity index (χ2n) is 2.77. The molecule has 0 aliphatic carbocycles. The molecule has 1 heterocycles. The molecule has 0 saturated heterocycles. The van der Waals surface area contributed by atoms with E-state index in [0.29, 0.717) is 5.69 Å². The Morgan fingerprint density at radius 2 is 2.00 bits per heavy atom. The summed E-state index contributed by atoms with van der Waals surface area (Å²) in [4.78, 5) is 18.7. The van der Waals surface area contributed by atoms with Crippen LogP contribution in [-0.4, -0.2) is 15.9 Å².